The largest absolute Gasteiger partial charge is 0.258 e. The monoisotopic (exact) mass is 539 g/mol. The van der Waals surface area contributed by atoms with Crippen LogP contribution in [0.25, 0.3) is 0 Å². The fraction of sp³-hybridized carbons (Fsp3) is 0.528. The Morgan fingerprint density at radius 2 is 1.05 bits per heavy atom. The van der Waals surface area contributed by atoms with E-state index < -0.39 is 0 Å². The summed E-state index contributed by atoms with van der Waals surface area (Å²) in [6, 6.07) is 20.5. The fourth-order valence-electron chi connectivity index (χ4n) is 3.70. The molecule has 0 aliphatic rings. The molecule has 0 spiro atoms. The predicted molar refractivity (Wildman–Crippen MR) is 167 cm³/mol. The molecular weight excluding hydrogens is 484 g/mol. The third-order valence-electron chi connectivity index (χ3n) is 5.79. The molecule has 0 N–H and O–H groups in total. The smallest absolute Gasteiger partial charge is 0.145 e. The van der Waals surface area contributed by atoms with Gasteiger partial charge in [-0.2, -0.15) is 0 Å². The van der Waals surface area contributed by atoms with Crippen LogP contribution in [0, 0.1) is 17.0 Å². The molecule has 0 amide bonds. The summed E-state index contributed by atoms with van der Waals surface area (Å²) in [5.41, 5.74) is 3.25. The molecule has 0 unspecified atom stereocenters. The summed E-state index contributed by atoms with van der Waals surface area (Å²) in [6.07, 6.45) is 4.26. The van der Waals surface area contributed by atoms with Crippen molar-refractivity contribution in [3.8, 4) is 0 Å². The molecule has 0 aliphatic heterocycles. The van der Waals surface area contributed by atoms with Gasteiger partial charge in [0.25, 0.3) is 0 Å². The molecular formula is C36H55F2N. The minimum Gasteiger partial charge on any atom is -0.258 e. The fourth-order valence-corrected chi connectivity index (χ4v) is 3.70. The van der Waals surface area contributed by atoms with Crippen molar-refractivity contribution in [2.24, 2.45) is 5.41 Å². The lowest BCUT2D eigenvalue weighted by atomic mass is 9.87. The Bertz CT molecular complexity index is 1000. The maximum atomic E-state index is 13.1. The summed E-state index contributed by atoms with van der Waals surface area (Å²) in [6.45, 7) is 27.6. The van der Waals surface area contributed by atoms with Gasteiger partial charge < -0.3 is 0 Å². The van der Waals surface area contributed by atoms with Crippen LogP contribution in [0.1, 0.15) is 120 Å². The van der Waals surface area contributed by atoms with Crippen molar-refractivity contribution >= 4 is 0 Å². The minimum absolute atomic E-state index is 0.0919. The van der Waals surface area contributed by atoms with Crippen molar-refractivity contribution in [3.05, 3.63) is 101 Å². The summed E-state index contributed by atoms with van der Waals surface area (Å²) in [5, 5.41) is 0. The van der Waals surface area contributed by atoms with Crippen molar-refractivity contribution in [3.63, 3.8) is 0 Å². The topological polar surface area (TPSA) is 12.9 Å². The summed E-state index contributed by atoms with van der Waals surface area (Å²) in [7, 11) is 0. The second-order valence-corrected chi connectivity index (χ2v) is 14.2. The van der Waals surface area contributed by atoms with E-state index in [9.17, 15) is 8.78 Å². The van der Waals surface area contributed by atoms with Crippen molar-refractivity contribution in [1.29, 1.82) is 0 Å². The Morgan fingerprint density at radius 3 is 1.33 bits per heavy atom. The zero-order valence-electron chi connectivity index (χ0n) is 27.0. The van der Waals surface area contributed by atoms with E-state index in [4.69, 9.17) is 0 Å². The Balaban J connectivity index is 0.000000501. The summed E-state index contributed by atoms with van der Waals surface area (Å²) in [4.78, 5) is 3.97. The number of hydrogen-bond donors (Lipinski definition) is 0. The molecule has 1 nitrogen and oxygen atoms in total. The molecule has 0 radical (unpaired) electrons. The molecule has 2 aromatic carbocycles. The summed E-state index contributed by atoms with van der Waals surface area (Å²) < 4.78 is 26.1. The molecule has 0 fully saturated rings. The van der Waals surface area contributed by atoms with Gasteiger partial charge in [0.15, 0.2) is 0 Å². The zero-order chi connectivity index (χ0) is 30.5. The van der Waals surface area contributed by atoms with Gasteiger partial charge in [0, 0.05) is 11.6 Å². The van der Waals surface area contributed by atoms with Gasteiger partial charge in [0.1, 0.15) is 11.6 Å². The van der Waals surface area contributed by atoms with E-state index in [1.165, 1.54) is 30.5 Å². The molecule has 1 heterocycles. The third-order valence-corrected chi connectivity index (χ3v) is 5.79. The van der Waals surface area contributed by atoms with E-state index >= 15 is 0 Å². The van der Waals surface area contributed by atoms with Gasteiger partial charge in [0.2, 0.25) is 0 Å². The lowest BCUT2D eigenvalue weighted by Gasteiger charge is -2.19. The Morgan fingerprint density at radius 1 is 0.564 bits per heavy atom. The number of aromatic nitrogens is 1. The molecule has 39 heavy (non-hydrogen) atoms. The highest BCUT2D eigenvalue weighted by atomic mass is 19.1. The molecule has 3 heteroatoms. The first-order valence-corrected chi connectivity index (χ1v) is 14.1. The van der Waals surface area contributed by atoms with Crippen LogP contribution in [0.5, 0.6) is 0 Å². The Kier molecular flexibility index (Phi) is 14.9. The maximum absolute atomic E-state index is 13.1. The van der Waals surface area contributed by atoms with E-state index in [-0.39, 0.29) is 22.5 Å². The SMILES string of the molecule is CC(C)(C)c1ccccc1.CC(C)(C)c1ccccc1F.CC(C)(C)c1ncccc1F.CCCC(C)(C)C. The van der Waals surface area contributed by atoms with Gasteiger partial charge in [-0.15, -0.1) is 0 Å². The standard InChI is InChI=1S/C10H13F.C10H14.C9H12FN.C7H16/c1-10(2,3)8-6-4-5-7-9(8)11;1-10(2,3)9-7-5-4-6-8-9;1-9(2,3)8-7(10)5-4-6-11-8;1-5-6-7(2,3)4/h4-7H,1-3H3;4-8H,1-3H3;4-6H,1-3H3;5-6H2,1-4H3. The highest BCUT2D eigenvalue weighted by molar-refractivity contribution is 5.24. The number of halogens is 2. The highest BCUT2D eigenvalue weighted by Crippen LogP contribution is 2.24. The molecule has 3 rings (SSSR count). The molecule has 218 valence electrons. The first-order chi connectivity index (χ1) is 17.7. The van der Waals surface area contributed by atoms with E-state index in [0.29, 0.717) is 16.5 Å². The number of benzene rings is 2. The molecule has 3 aromatic rings. The van der Waals surface area contributed by atoms with E-state index in [1.54, 1.807) is 18.3 Å². The van der Waals surface area contributed by atoms with Crippen LogP contribution in [-0.2, 0) is 16.2 Å². The van der Waals surface area contributed by atoms with Crippen LogP contribution in [0.3, 0.4) is 0 Å². The van der Waals surface area contributed by atoms with Gasteiger partial charge in [-0.05, 0) is 52.0 Å². The molecule has 1 aromatic heterocycles. The predicted octanol–water partition coefficient (Wildman–Crippen LogP) is 11.5. The summed E-state index contributed by atoms with van der Waals surface area (Å²) >= 11 is 0. The quantitative estimate of drug-likeness (QED) is 0.300. The van der Waals surface area contributed by atoms with E-state index in [1.807, 2.05) is 53.7 Å². The van der Waals surface area contributed by atoms with Crippen LogP contribution < -0.4 is 0 Å². The minimum atomic E-state index is -0.222. The van der Waals surface area contributed by atoms with E-state index in [0.717, 1.165) is 5.56 Å². The Labute approximate surface area is 239 Å². The summed E-state index contributed by atoms with van der Waals surface area (Å²) in [5.74, 6) is -0.333. The molecule has 0 atom stereocenters. The van der Waals surface area contributed by atoms with Crippen molar-refractivity contribution in [2.45, 2.75) is 119 Å². The van der Waals surface area contributed by atoms with Crippen molar-refractivity contribution < 1.29 is 8.78 Å². The van der Waals surface area contributed by atoms with Gasteiger partial charge in [-0.25, -0.2) is 8.78 Å². The second kappa shape index (κ2) is 15.9. The molecule has 0 saturated heterocycles. The third kappa shape index (κ3) is 16.2. The van der Waals surface area contributed by atoms with Gasteiger partial charge in [0.05, 0.1) is 5.69 Å². The molecule has 0 bridgehead atoms. The van der Waals surface area contributed by atoms with Crippen molar-refractivity contribution in [1.82, 2.24) is 4.98 Å². The van der Waals surface area contributed by atoms with Crippen LogP contribution in [0.4, 0.5) is 8.78 Å². The van der Waals surface area contributed by atoms with Crippen LogP contribution in [-0.4, -0.2) is 4.98 Å². The lowest BCUT2D eigenvalue weighted by Crippen LogP contribution is -2.15. The van der Waals surface area contributed by atoms with Gasteiger partial charge in [-0.3, -0.25) is 4.98 Å². The average Bonchev–Trinajstić information content (AvgIpc) is 2.79. The van der Waals surface area contributed by atoms with Crippen LogP contribution in [0.2, 0.25) is 0 Å². The second-order valence-electron chi connectivity index (χ2n) is 14.2. The highest BCUT2D eigenvalue weighted by Gasteiger charge is 2.19. The molecule has 0 saturated carbocycles. The Hall–Kier alpha value is -2.55. The average molecular weight is 540 g/mol. The number of hydrogen-bond acceptors (Lipinski definition) is 1. The van der Waals surface area contributed by atoms with Crippen molar-refractivity contribution in [2.75, 3.05) is 0 Å². The van der Waals surface area contributed by atoms with Crippen LogP contribution in [0.15, 0.2) is 72.9 Å². The zero-order valence-corrected chi connectivity index (χ0v) is 27.0. The lowest BCUT2D eigenvalue weighted by molar-refractivity contribution is 0.373. The normalized spacial score (nSPS) is 11.7. The van der Waals surface area contributed by atoms with E-state index in [2.05, 4.69) is 83.8 Å². The first kappa shape index (κ1) is 36.5. The first-order valence-electron chi connectivity index (χ1n) is 14.1. The number of nitrogens with zero attached hydrogens (tertiary/aromatic N) is 1. The number of pyridine rings is 1. The van der Waals surface area contributed by atoms with Crippen LogP contribution >= 0.6 is 0 Å². The van der Waals surface area contributed by atoms with Gasteiger partial charge in [-0.1, -0.05) is 145 Å². The van der Waals surface area contributed by atoms with Gasteiger partial charge >= 0.3 is 0 Å². The number of rotatable bonds is 1. The maximum Gasteiger partial charge on any atom is 0.145 e. The molecule has 0 aliphatic carbocycles.